The van der Waals surface area contributed by atoms with Crippen LogP contribution in [0.3, 0.4) is 0 Å². The van der Waals surface area contributed by atoms with Crippen molar-refractivity contribution >= 4 is 5.91 Å². The van der Waals surface area contributed by atoms with Gasteiger partial charge in [0, 0.05) is 25.5 Å². The summed E-state index contributed by atoms with van der Waals surface area (Å²) < 4.78 is 2.16. The molecule has 0 radical (unpaired) electrons. The number of nitrogens with zero attached hydrogens (tertiary/aromatic N) is 2. The van der Waals surface area contributed by atoms with Crippen molar-refractivity contribution in [3.05, 3.63) is 59.4 Å². The number of nitrogens with one attached hydrogen (secondary N) is 1. The van der Waals surface area contributed by atoms with Crippen LogP contribution >= 0.6 is 0 Å². The van der Waals surface area contributed by atoms with Crippen molar-refractivity contribution in [1.29, 1.82) is 0 Å². The van der Waals surface area contributed by atoms with Gasteiger partial charge in [-0.2, -0.15) is 0 Å². The van der Waals surface area contributed by atoms with Crippen LogP contribution in [-0.4, -0.2) is 28.5 Å². The zero-order valence-corrected chi connectivity index (χ0v) is 14.0. The van der Waals surface area contributed by atoms with Crippen molar-refractivity contribution in [2.45, 2.75) is 32.4 Å². The van der Waals surface area contributed by atoms with Crippen LogP contribution in [0.4, 0.5) is 0 Å². The molecule has 1 aromatic heterocycles. The molecule has 0 spiro atoms. The predicted octanol–water partition coefficient (Wildman–Crippen LogP) is 2.79. The molecule has 2 heterocycles. The van der Waals surface area contributed by atoms with Gasteiger partial charge in [-0.1, -0.05) is 24.3 Å². The van der Waals surface area contributed by atoms with Crippen LogP contribution in [0.2, 0.25) is 0 Å². The van der Waals surface area contributed by atoms with Gasteiger partial charge in [-0.25, -0.2) is 0 Å². The molecule has 0 unspecified atom stereocenters. The molecule has 4 heteroatoms. The highest BCUT2D eigenvalue weighted by Crippen LogP contribution is 2.31. The number of hydrogen-bond acceptors (Lipinski definition) is 2. The molecule has 1 aromatic carbocycles. The lowest BCUT2D eigenvalue weighted by atomic mass is 10.1. The topological polar surface area (TPSA) is 37.3 Å². The molecule has 2 aromatic rings. The lowest BCUT2D eigenvalue weighted by Crippen LogP contribution is -2.37. The number of rotatable bonds is 5. The molecule has 4 nitrogen and oxygen atoms in total. The highest BCUT2D eigenvalue weighted by Gasteiger charge is 2.28. The summed E-state index contributed by atoms with van der Waals surface area (Å²) in [5.41, 5.74) is 3.70. The molecule has 23 heavy (non-hydrogen) atoms. The first-order chi connectivity index (χ1) is 11.1. The van der Waals surface area contributed by atoms with Crippen LogP contribution in [0, 0.1) is 6.92 Å². The van der Waals surface area contributed by atoms with Crippen molar-refractivity contribution in [3.8, 4) is 0 Å². The third-order valence-electron chi connectivity index (χ3n) is 4.77. The van der Waals surface area contributed by atoms with E-state index >= 15 is 0 Å². The number of benzene rings is 1. The molecule has 1 atom stereocenters. The second-order valence-electron chi connectivity index (χ2n) is 6.38. The summed E-state index contributed by atoms with van der Waals surface area (Å²) in [7, 11) is 2.07. The summed E-state index contributed by atoms with van der Waals surface area (Å²) in [5, 5.41) is 3.06. The first kappa shape index (κ1) is 15.8. The van der Waals surface area contributed by atoms with E-state index in [1.165, 1.54) is 16.8 Å². The van der Waals surface area contributed by atoms with E-state index in [9.17, 15) is 4.79 Å². The normalized spacial score (nSPS) is 18.3. The van der Waals surface area contributed by atoms with Crippen LogP contribution < -0.4 is 5.32 Å². The summed E-state index contributed by atoms with van der Waals surface area (Å²) in [4.78, 5) is 14.6. The van der Waals surface area contributed by atoms with Gasteiger partial charge >= 0.3 is 0 Å². The van der Waals surface area contributed by atoms with E-state index in [2.05, 4.69) is 59.2 Å². The lowest BCUT2D eigenvalue weighted by Gasteiger charge is -2.24. The monoisotopic (exact) mass is 311 g/mol. The minimum absolute atomic E-state index is 0.106. The van der Waals surface area contributed by atoms with Crippen molar-refractivity contribution < 1.29 is 4.79 Å². The van der Waals surface area contributed by atoms with Gasteiger partial charge in [0.2, 0.25) is 5.91 Å². The number of hydrogen-bond donors (Lipinski definition) is 1. The fourth-order valence-electron chi connectivity index (χ4n) is 3.41. The Hall–Kier alpha value is -2.07. The van der Waals surface area contributed by atoms with Crippen LogP contribution in [-0.2, 0) is 18.4 Å². The highest BCUT2D eigenvalue weighted by molar-refractivity contribution is 5.78. The van der Waals surface area contributed by atoms with Gasteiger partial charge in [-0.15, -0.1) is 0 Å². The Morgan fingerprint density at radius 3 is 2.83 bits per heavy atom. The molecular formula is C19H25N3O. The molecule has 1 amide bonds. The second kappa shape index (κ2) is 7.01. The van der Waals surface area contributed by atoms with Crippen molar-refractivity contribution in [2.75, 3.05) is 13.1 Å². The number of amides is 1. The molecule has 1 N–H and O–H groups in total. The Balaban J connectivity index is 1.57. The van der Waals surface area contributed by atoms with Gasteiger partial charge in [-0.3, -0.25) is 9.69 Å². The van der Waals surface area contributed by atoms with Crippen LogP contribution in [0.1, 0.15) is 35.7 Å². The number of aryl methyl sites for hydroxylation is 2. The third kappa shape index (κ3) is 3.64. The molecule has 1 fully saturated rings. The fraction of sp³-hybridized carbons (Fsp3) is 0.421. The number of aromatic nitrogens is 1. The number of likely N-dealkylation sites (tertiary alicyclic amines) is 1. The largest absolute Gasteiger partial charge is 0.353 e. The Morgan fingerprint density at radius 2 is 2.09 bits per heavy atom. The summed E-state index contributed by atoms with van der Waals surface area (Å²) in [6.45, 7) is 4.15. The van der Waals surface area contributed by atoms with E-state index in [1.54, 1.807) is 0 Å². The smallest absolute Gasteiger partial charge is 0.234 e. The Morgan fingerprint density at radius 1 is 1.26 bits per heavy atom. The number of carbonyl (C=O) groups is 1. The van der Waals surface area contributed by atoms with E-state index in [4.69, 9.17) is 0 Å². The highest BCUT2D eigenvalue weighted by atomic mass is 16.2. The standard InChI is InChI=1S/C19H25N3O/c1-15-7-3-4-8-16(15)13-20-19(23)14-22-12-6-10-18(22)17-9-5-11-21(17)2/h3-5,7-9,11,18H,6,10,12-14H2,1-2H3,(H,20,23)/t18-/m1/s1. The average molecular weight is 311 g/mol. The van der Waals surface area contributed by atoms with E-state index in [0.29, 0.717) is 19.1 Å². The van der Waals surface area contributed by atoms with Crippen LogP contribution in [0.15, 0.2) is 42.6 Å². The minimum Gasteiger partial charge on any atom is -0.353 e. The fourth-order valence-corrected chi connectivity index (χ4v) is 3.41. The quantitative estimate of drug-likeness (QED) is 0.922. The Kier molecular flexibility index (Phi) is 4.82. The molecule has 1 aliphatic heterocycles. The first-order valence-electron chi connectivity index (χ1n) is 8.31. The van der Waals surface area contributed by atoms with E-state index in [1.807, 2.05) is 12.1 Å². The molecule has 1 aliphatic rings. The summed E-state index contributed by atoms with van der Waals surface area (Å²) in [6.07, 6.45) is 4.36. The van der Waals surface area contributed by atoms with Gasteiger partial charge in [0.15, 0.2) is 0 Å². The predicted molar refractivity (Wildman–Crippen MR) is 92.0 cm³/mol. The second-order valence-corrected chi connectivity index (χ2v) is 6.38. The molecule has 1 saturated heterocycles. The van der Waals surface area contributed by atoms with Crippen LogP contribution in [0.25, 0.3) is 0 Å². The van der Waals surface area contributed by atoms with Crippen molar-refractivity contribution in [2.24, 2.45) is 7.05 Å². The molecule has 0 aliphatic carbocycles. The van der Waals surface area contributed by atoms with Crippen molar-refractivity contribution in [3.63, 3.8) is 0 Å². The Labute approximate surface area is 138 Å². The van der Waals surface area contributed by atoms with Gasteiger partial charge in [-0.05, 0) is 49.6 Å². The molecular weight excluding hydrogens is 286 g/mol. The molecule has 0 bridgehead atoms. The van der Waals surface area contributed by atoms with E-state index < -0.39 is 0 Å². The minimum atomic E-state index is 0.106. The maximum absolute atomic E-state index is 12.3. The number of carbonyl (C=O) groups excluding carboxylic acids is 1. The van der Waals surface area contributed by atoms with Crippen molar-refractivity contribution in [1.82, 2.24) is 14.8 Å². The Bertz CT molecular complexity index is 677. The molecule has 0 saturated carbocycles. The first-order valence-corrected chi connectivity index (χ1v) is 8.31. The maximum Gasteiger partial charge on any atom is 0.234 e. The average Bonchev–Trinajstić information content (AvgIpc) is 3.15. The lowest BCUT2D eigenvalue weighted by molar-refractivity contribution is -0.122. The zero-order chi connectivity index (χ0) is 16.2. The van der Waals surface area contributed by atoms with Gasteiger partial charge < -0.3 is 9.88 Å². The zero-order valence-electron chi connectivity index (χ0n) is 14.0. The maximum atomic E-state index is 12.3. The molecule has 122 valence electrons. The summed E-state index contributed by atoms with van der Waals surface area (Å²) >= 11 is 0. The van der Waals surface area contributed by atoms with Gasteiger partial charge in [0.05, 0.1) is 12.6 Å². The summed E-state index contributed by atoms with van der Waals surface area (Å²) in [6, 6.07) is 12.8. The summed E-state index contributed by atoms with van der Waals surface area (Å²) in [5.74, 6) is 0.106. The van der Waals surface area contributed by atoms with Gasteiger partial charge in [0.1, 0.15) is 0 Å². The SMILES string of the molecule is Cc1ccccc1CNC(=O)CN1CCC[C@@H]1c1cccn1C. The van der Waals surface area contributed by atoms with E-state index in [-0.39, 0.29) is 5.91 Å². The third-order valence-corrected chi connectivity index (χ3v) is 4.77. The van der Waals surface area contributed by atoms with Crippen LogP contribution in [0.5, 0.6) is 0 Å². The van der Waals surface area contributed by atoms with E-state index in [0.717, 1.165) is 19.4 Å². The van der Waals surface area contributed by atoms with Gasteiger partial charge in [0.25, 0.3) is 0 Å². The molecule has 3 rings (SSSR count).